The minimum absolute atomic E-state index is 0.0448. The van der Waals surface area contributed by atoms with Crippen molar-refractivity contribution in [2.75, 3.05) is 11.5 Å². The number of thioether (sulfide) groups is 1. The highest BCUT2D eigenvalue weighted by Crippen LogP contribution is 2.22. The predicted octanol–water partition coefficient (Wildman–Crippen LogP) is 3.21. The van der Waals surface area contributed by atoms with E-state index in [-0.39, 0.29) is 16.2 Å². The van der Waals surface area contributed by atoms with Gasteiger partial charge in [0.15, 0.2) is 15.0 Å². The van der Waals surface area contributed by atoms with Gasteiger partial charge in [-0.3, -0.25) is 9.36 Å². The molecule has 0 aliphatic rings. The fourth-order valence-electron chi connectivity index (χ4n) is 2.10. The Morgan fingerprint density at radius 1 is 1.25 bits per heavy atom. The van der Waals surface area contributed by atoms with Crippen LogP contribution in [0.2, 0.25) is 5.02 Å². The van der Waals surface area contributed by atoms with Crippen molar-refractivity contribution in [2.45, 2.75) is 10.1 Å². The molecule has 24 heavy (non-hydrogen) atoms. The normalized spacial score (nSPS) is 11.9. The fourth-order valence-corrected chi connectivity index (χ4v) is 5.65. The summed E-state index contributed by atoms with van der Waals surface area (Å²) in [6.07, 6.45) is 0. The molecule has 2 heterocycles. The third-order valence-corrected chi connectivity index (χ3v) is 7.57. The van der Waals surface area contributed by atoms with Crippen molar-refractivity contribution < 1.29 is 8.42 Å². The van der Waals surface area contributed by atoms with Gasteiger partial charge in [0, 0.05) is 17.8 Å². The molecule has 9 heteroatoms. The van der Waals surface area contributed by atoms with Crippen molar-refractivity contribution in [3.8, 4) is 0 Å². The molecule has 126 valence electrons. The number of hydrogen-bond donors (Lipinski definition) is 0. The first-order valence-electron chi connectivity index (χ1n) is 6.94. The molecule has 0 N–H and O–H groups in total. The summed E-state index contributed by atoms with van der Waals surface area (Å²) < 4.78 is 26.7. The topological polar surface area (TPSA) is 69.0 Å². The number of fused-ring (bicyclic) bond motifs is 1. The molecule has 0 spiro atoms. The van der Waals surface area contributed by atoms with E-state index in [1.165, 1.54) is 39.8 Å². The molecular formula is C15H13ClN2O3S3. The molecule has 0 amide bonds. The van der Waals surface area contributed by atoms with Crippen LogP contribution in [0, 0.1) is 0 Å². The van der Waals surface area contributed by atoms with Crippen LogP contribution in [0.1, 0.15) is 0 Å². The van der Waals surface area contributed by atoms with Crippen LogP contribution in [-0.4, -0.2) is 29.5 Å². The van der Waals surface area contributed by atoms with Crippen LogP contribution in [0.4, 0.5) is 0 Å². The van der Waals surface area contributed by atoms with Crippen LogP contribution in [0.5, 0.6) is 0 Å². The Balaban J connectivity index is 1.75. The summed E-state index contributed by atoms with van der Waals surface area (Å²) in [5.41, 5.74) is 0.532. The number of benzene rings is 1. The van der Waals surface area contributed by atoms with E-state index in [4.69, 9.17) is 11.6 Å². The standard InChI is InChI=1S/C15H13ClN2O3S3/c1-18-14(19)13-12(6-7-22-13)17-15(18)23-8-9-24(20,21)11-4-2-10(16)3-5-11/h2-7H,8-9H2,1H3. The highest BCUT2D eigenvalue weighted by Gasteiger charge is 2.16. The molecule has 0 atom stereocenters. The number of nitrogens with zero attached hydrogens (tertiary/aromatic N) is 2. The van der Waals surface area contributed by atoms with E-state index in [1.807, 2.05) is 5.38 Å². The third-order valence-electron chi connectivity index (χ3n) is 3.40. The van der Waals surface area contributed by atoms with Gasteiger partial charge in [-0.15, -0.1) is 11.3 Å². The molecule has 0 unspecified atom stereocenters. The van der Waals surface area contributed by atoms with Gasteiger partial charge in [0.2, 0.25) is 0 Å². The minimum atomic E-state index is -3.39. The van der Waals surface area contributed by atoms with Gasteiger partial charge in [-0.1, -0.05) is 23.4 Å². The molecule has 0 fully saturated rings. The van der Waals surface area contributed by atoms with E-state index in [9.17, 15) is 13.2 Å². The molecule has 2 aromatic heterocycles. The lowest BCUT2D eigenvalue weighted by Gasteiger charge is -2.07. The Morgan fingerprint density at radius 2 is 1.96 bits per heavy atom. The number of thiophene rings is 1. The molecule has 0 aliphatic carbocycles. The maximum Gasteiger partial charge on any atom is 0.271 e. The monoisotopic (exact) mass is 400 g/mol. The predicted molar refractivity (Wildman–Crippen MR) is 99.1 cm³/mol. The molecular weight excluding hydrogens is 388 g/mol. The lowest BCUT2D eigenvalue weighted by Crippen LogP contribution is -2.19. The summed E-state index contributed by atoms with van der Waals surface area (Å²) in [5, 5.41) is 2.82. The summed E-state index contributed by atoms with van der Waals surface area (Å²) in [6, 6.07) is 7.88. The largest absolute Gasteiger partial charge is 0.290 e. The van der Waals surface area contributed by atoms with E-state index < -0.39 is 9.84 Å². The summed E-state index contributed by atoms with van der Waals surface area (Å²) in [5.74, 6) is 0.262. The first-order valence-corrected chi connectivity index (χ1v) is 10.8. The Morgan fingerprint density at radius 3 is 2.67 bits per heavy atom. The molecule has 0 saturated heterocycles. The molecule has 0 aliphatic heterocycles. The quantitative estimate of drug-likeness (QED) is 0.486. The minimum Gasteiger partial charge on any atom is -0.290 e. The molecule has 5 nitrogen and oxygen atoms in total. The summed E-state index contributed by atoms with van der Waals surface area (Å²) in [6.45, 7) is 0. The summed E-state index contributed by atoms with van der Waals surface area (Å²) >= 11 is 8.38. The van der Waals surface area contributed by atoms with Crippen molar-refractivity contribution in [2.24, 2.45) is 7.05 Å². The van der Waals surface area contributed by atoms with Crippen molar-refractivity contribution in [1.82, 2.24) is 9.55 Å². The van der Waals surface area contributed by atoms with E-state index in [1.54, 1.807) is 25.2 Å². The fraction of sp³-hybridized carbons (Fsp3) is 0.200. The Labute approximate surface area is 152 Å². The van der Waals surface area contributed by atoms with Crippen LogP contribution in [0.3, 0.4) is 0 Å². The number of hydrogen-bond acceptors (Lipinski definition) is 6. The zero-order chi connectivity index (χ0) is 17.3. The second kappa shape index (κ2) is 6.87. The van der Waals surface area contributed by atoms with Gasteiger partial charge in [-0.25, -0.2) is 13.4 Å². The first-order chi connectivity index (χ1) is 11.4. The SMILES string of the molecule is Cn1c(SCCS(=O)(=O)c2ccc(Cl)cc2)nc2ccsc2c1=O. The van der Waals surface area contributed by atoms with E-state index >= 15 is 0 Å². The zero-order valence-electron chi connectivity index (χ0n) is 12.6. The van der Waals surface area contributed by atoms with Crippen LogP contribution in [0.25, 0.3) is 10.2 Å². The Hall–Kier alpha value is -1.35. The lowest BCUT2D eigenvalue weighted by atomic mass is 10.4. The van der Waals surface area contributed by atoms with Gasteiger partial charge in [0.25, 0.3) is 5.56 Å². The second-order valence-electron chi connectivity index (χ2n) is 5.01. The smallest absolute Gasteiger partial charge is 0.271 e. The first kappa shape index (κ1) is 17.5. The van der Waals surface area contributed by atoms with E-state index in [2.05, 4.69) is 4.98 Å². The lowest BCUT2D eigenvalue weighted by molar-refractivity contribution is 0.597. The van der Waals surface area contributed by atoms with Crippen molar-refractivity contribution in [3.05, 3.63) is 51.1 Å². The van der Waals surface area contributed by atoms with Crippen LogP contribution in [0.15, 0.2) is 50.6 Å². The number of sulfone groups is 1. The van der Waals surface area contributed by atoms with Gasteiger partial charge in [0.05, 0.1) is 16.2 Å². The van der Waals surface area contributed by atoms with Crippen molar-refractivity contribution in [3.63, 3.8) is 0 Å². The van der Waals surface area contributed by atoms with Crippen molar-refractivity contribution >= 4 is 54.8 Å². The molecule has 0 radical (unpaired) electrons. The summed E-state index contributed by atoms with van der Waals surface area (Å²) in [4.78, 5) is 16.9. The van der Waals surface area contributed by atoms with Gasteiger partial charge >= 0.3 is 0 Å². The molecule has 0 saturated carbocycles. The maximum atomic E-state index is 12.3. The Kier molecular flexibility index (Phi) is 5.00. The number of halogens is 1. The van der Waals surface area contributed by atoms with E-state index in [0.29, 0.717) is 26.1 Å². The van der Waals surface area contributed by atoms with Gasteiger partial charge in [-0.2, -0.15) is 0 Å². The van der Waals surface area contributed by atoms with Crippen molar-refractivity contribution in [1.29, 1.82) is 0 Å². The third kappa shape index (κ3) is 3.51. The van der Waals surface area contributed by atoms with Crippen LogP contribution >= 0.6 is 34.7 Å². The second-order valence-corrected chi connectivity index (χ2v) is 9.54. The van der Waals surface area contributed by atoms with Gasteiger partial charge < -0.3 is 0 Å². The van der Waals surface area contributed by atoms with Crippen LogP contribution < -0.4 is 5.56 Å². The average molecular weight is 401 g/mol. The van der Waals surface area contributed by atoms with Gasteiger partial charge in [0.1, 0.15) is 4.70 Å². The zero-order valence-corrected chi connectivity index (χ0v) is 15.8. The number of rotatable bonds is 5. The van der Waals surface area contributed by atoms with Gasteiger partial charge in [-0.05, 0) is 35.7 Å². The molecule has 3 rings (SSSR count). The highest BCUT2D eigenvalue weighted by molar-refractivity contribution is 8.00. The van der Waals surface area contributed by atoms with Crippen LogP contribution in [-0.2, 0) is 16.9 Å². The molecule has 1 aromatic carbocycles. The maximum absolute atomic E-state index is 12.3. The average Bonchev–Trinajstić information content (AvgIpc) is 3.01. The van der Waals surface area contributed by atoms with E-state index in [0.717, 1.165) is 0 Å². The highest BCUT2D eigenvalue weighted by atomic mass is 35.5. The molecule has 0 bridgehead atoms. The molecule has 3 aromatic rings. The number of aromatic nitrogens is 2. The summed E-state index contributed by atoms with van der Waals surface area (Å²) in [7, 11) is -1.75. The Bertz CT molecular complexity index is 1040.